The normalized spacial score (nSPS) is 18.6. The van der Waals surface area contributed by atoms with Gasteiger partial charge in [0.25, 0.3) is 5.91 Å². The molecule has 6 nitrogen and oxygen atoms in total. The molecule has 1 aromatic carbocycles. The summed E-state index contributed by atoms with van der Waals surface area (Å²) in [4.78, 5) is 15.9. The molecule has 1 amide bonds. The summed E-state index contributed by atoms with van der Waals surface area (Å²) in [6.45, 7) is 4.54. The van der Waals surface area contributed by atoms with Crippen LogP contribution in [0.15, 0.2) is 30.3 Å². The van der Waals surface area contributed by atoms with Crippen LogP contribution in [0.5, 0.6) is 5.75 Å². The van der Waals surface area contributed by atoms with E-state index in [0.29, 0.717) is 12.3 Å². The Balaban J connectivity index is 1.30. The molecule has 1 saturated carbocycles. The van der Waals surface area contributed by atoms with Crippen LogP contribution in [0.2, 0.25) is 0 Å². The maximum absolute atomic E-state index is 12.6. The van der Waals surface area contributed by atoms with Gasteiger partial charge >= 0.3 is 0 Å². The predicted octanol–water partition coefficient (Wildman–Crippen LogP) is 2.72. The molecule has 1 N–H and O–H groups in total. The van der Waals surface area contributed by atoms with Gasteiger partial charge in [-0.15, -0.1) is 5.10 Å². The van der Waals surface area contributed by atoms with Gasteiger partial charge in [0, 0.05) is 18.5 Å². The molecule has 2 fully saturated rings. The monoisotopic (exact) mass is 372 g/mol. The molecule has 4 rings (SSSR count). The number of nitrogens with zero attached hydrogens (tertiary/aromatic N) is 3. The van der Waals surface area contributed by atoms with Crippen molar-refractivity contribution in [2.45, 2.75) is 32.3 Å². The fourth-order valence-corrected chi connectivity index (χ4v) is 4.03. The maximum Gasteiger partial charge on any atom is 0.273 e. The van der Waals surface area contributed by atoms with E-state index in [2.05, 4.69) is 19.8 Å². The van der Waals surface area contributed by atoms with Crippen molar-refractivity contribution in [2.24, 2.45) is 5.41 Å². The molecule has 0 atom stereocenters. The quantitative estimate of drug-likeness (QED) is 0.772. The second-order valence-electron chi connectivity index (χ2n) is 7.31. The van der Waals surface area contributed by atoms with E-state index < -0.39 is 0 Å². The Labute approximate surface area is 157 Å². The van der Waals surface area contributed by atoms with Gasteiger partial charge in [-0.1, -0.05) is 22.7 Å². The minimum atomic E-state index is -0.141. The molecule has 2 aliphatic rings. The molecule has 26 heavy (non-hydrogen) atoms. The van der Waals surface area contributed by atoms with Gasteiger partial charge < -0.3 is 15.0 Å². The molecule has 0 bridgehead atoms. The second-order valence-corrected chi connectivity index (χ2v) is 8.15. The van der Waals surface area contributed by atoms with Crippen LogP contribution in [0.3, 0.4) is 0 Å². The fraction of sp³-hybridized carbons (Fsp3) is 0.526. The number of aromatic nitrogens is 2. The number of carbonyl (C=O) groups is 1. The van der Waals surface area contributed by atoms with Crippen LogP contribution >= 0.6 is 11.5 Å². The molecule has 0 spiro atoms. The number of likely N-dealkylation sites (tertiary alicyclic amines) is 1. The van der Waals surface area contributed by atoms with Gasteiger partial charge in [-0.2, -0.15) is 0 Å². The van der Waals surface area contributed by atoms with Crippen LogP contribution in [0, 0.1) is 5.41 Å². The largest absolute Gasteiger partial charge is 0.488 e. The fourth-order valence-electron chi connectivity index (χ4n) is 3.48. The van der Waals surface area contributed by atoms with Crippen LogP contribution in [0.1, 0.15) is 41.0 Å². The molecule has 1 aliphatic carbocycles. The predicted molar refractivity (Wildman–Crippen MR) is 100 cm³/mol. The third-order valence-corrected chi connectivity index (χ3v) is 5.92. The highest BCUT2D eigenvalue weighted by Gasteiger charge is 2.44. The highest BCUT2D eigenvalue weighted by atomic mass is 32.1. The summed E-state index contributed by atoms with van der Waals surface area (Å²) >= 11 is 1.22. The van der Waals surface area contributed by atoms with E-state index in [1.165, 1.54) is 50.3 Å². The molecule has 1 aromatic heterocycles. The smallest absolute Gasteiger partial charge is 0.273 e. The summed E-state index contributed by atoms with van der Waals surface area (Å²) in [6, 6.07) is 9.56. The first kappa shape index (κ1) is 17.4. The number of amides is 1. The zero-order valence-corrected chi connectivity index (χ0v) is 15.6. The molecular weight excluding hydrogens is 348 g/mol. The van der Waals surface area contributed by atoms with Crippen LogP contribution in [-0.4, -0.2) is 46.6 Å². The summed E-state index contributed by atoms with van der Waals surface area (Å²) in [5.74, 6) is 0.632. The lowest BCUT2D eigenvalue weighted by atomic mass is 10.1. The van der Waals surface area contributed by atoms with Crippen molar-refractivity contribution >= 4 is 17.4 Å². The van der Waals surface area contributed by atoms with Gasteiger partial charge in [0.05, 0.1) is 4.88 Å². The zero-order chi connectivity index (χ0) is 17.8. The van der Waals surface area contributed by atoms with Gasteiger partial charge in [0.15, 0.2) is 5.69 Å². The second kappa shape index (κ2) is 7.72. The van der Waals surface area contributed by atoms with Gasteiger partial charge in [0.1, 0.15) is 12.4 Å². The lowest BCUT2D eigenvalue weighted by molar-refractivity contribution is 0.0932. The molecule has 2 heterocycles. The van der Waals surface area contributed by atoms with E-state index in [-0.39, 0.29) is 11.3 Å². The summed E-state index contributed by atoms with van der Waals surface area (Å²) in [5, 5.41) is 7.10. The number of para-hydroxylation sites is 1. The van der Waals surface area contributed by atoms with E-state index in [0.717, 1.165) is 23.7 Å². The van der Waals surface area contributed by atoms with E-state index in [4.69, 9.17) is 4.74 Å². The number of nitrogens with one attached hydrogen (secondary N) is 1. The number of benzene rings is 1. The average Bonchev–Trinajstić information content (AvgIpc) is 3.05. The number of rotatable bonds is 8. The van der Waals surface area contributed by atoms with Crippen LogP contribution in [-0.2, 0) is 6.61 Å². The first-order valence-electron chi connectivity index (χ1n) is 9.24. The Morgan fingerprint density at radius 2 is 2.00 bits per heavy atom. The van der Waals surface area contributed by atoms with Crippen molar-refractivity contribution in [3.8, 4) is 5.75 Å². The van der Waals surface area contributed by atoms with Crippen LogP contribution < -0.4 is 10.1 Å². The zero-order valence-electron chi connectivity index (χ0n) is 14.8. The number of ether oxygens (including phenoxy) is 1. The molecular formula is C19H24N4O2S. The van der Waals surface area contributed by atoms with Crippen LogP contribution in [0.4, 0.5) is 0 Å². The maximum atomic E-state index is 12.6. The molecule has 1 saturated heterocycles. The molecule has 7 heteroatoms. The highest BCUT2D eigenvalue weighted by molar-refractivity contribution is 7.05. The SMILES string of the molecule is O=C(NCC1(CN2CCCC2)CC1)c1nnsc1COc1ccccc1. The number of hydrogen-bond donors (Lipinski definition) is 1. The Bertz CT molecular complexity index is 739. The van der Waals surface area contributed by atoms with E-state index in [1.807, 2.05) is 30.3 Å². The van der Waals surface area contributed by atoms with Crippen molar-refractivity contribution in [2.75, 3.05) is 26.2 Å². The van der Waals surface area contributed by atoms with Crippen molar-refractivity contribution in [3.63, 3.8) is 0 Å². The average molecular weight is 372 g/mol. The Morgan fingerprint density at radius 1 is 1.23 bits per heavy atom. The first-order chi connectivity index (χ1) is 12.7. The highest BCUT2D eigenvalue weighted by Crippen LogP contribution is 2.46. The number of hydrogen-bond acceptors (Lipinski definition) is 6. The Kier molecular flexibility index (Phi) is 5.17. The summed E-state index contributed by atoms with van der Waals surface area (Å²) in [5.41, 5.74) is 0.660. The van der Waals surface area contributed by atoms with Crippen molar-refractivity contribution in [1.29, 1.82) is 0 Å². The first-order valence-corrected chi connectivity index (χ1v) is 10.0. The Morgan fingerprint density at radius 3 is 2.73 bits per heavy atom. The summed E-state index contributed by atoms with van der Waals surface area (Å²) < 4.78 is 9.67. The minimum Gasteiger partial charge on any atom is -0.488 e. The van der Waals surface area contributed by atoms with Gasteiger partial charge in [0.2, 0.25) is 0 Å². The van der Waals surface area contributed by atoms with Crippen molar-refractivity contribution in [1.82, 2.24) is 19.8 Å². The third-order valence-electron chi connectivity index (χ3n) is 5.22. The number of carbonyl (C=O) groups excluding carboxylic acids is 1. The molecule has 2 aromatic rings. The Hall–Kier alpha value is -1.99. The summed E-state index contributed by atoms with van der Waals surface area (Å²) in [6.07, 6.45) is 5.00. The standard InChI is InChI=1S/C19H24N4O2S/c24-18(20-13-19(8-9-19)14-23-10-4-5-11-23)17-16(26-22-21-17)12-25-15-6-2-1-3-7-15/h1-3,6-7H,4-5,8-14H2,(H,20,24). The minimum absolute atomic E-state index is 0.141. The van der Waals surface area contributed by atoms with E-state index >= 15 is 0 Å². The van der Waals surface area contributed by atoms with E-state index in [9.17, 15) is 4.79 Å². The molecule has 0 unspecified atom stereocenters. The van der Waals surface area contributed by atoms with Crippen LogP contribution in [0.25, 0.3) is 0 Å². The molecule has 1 aliphatic heterocycles. The lowest BCUT2D eigenvalue weighted by Gasteiger charge is -2.23. The topological polar surface area (TPSA) is 67.4 Å². The lowest BCUT2D eigenvalue weighted by Crippen LogP contribution is -2.37. The van der Waals surface area contributed by atoms with E-state index in [1.54, 1.807) is 0 Å². The van der Waals surface area contributed by atoms with Gasteiger partial charge in [-0.3, -0.25) is 4.79 Å². The summed E-state index contributed by atoms with van der Waals surface area (Å²) in [7, 11) is 0. The molecule has 0 radical (unpaired) electrons. The third kappa shape index (κ3) is 4.22. The van der Waals surface area contributed by atoms with Crippen molar-refractivity contribution < 1.29 is 9.53 Å². The van der Waals surface area contributed by atoms with Gasteiger partial charge in [-0.05, 0) is 62.4 Å². The van der Waals surface area contributed by atoms with Gasteiger partial charge in [-0.25, -0.2) is 0 Å². The molecule has 138 valence electrons. The van der Waals surface area contributed by atoms with Crippen molar-refractivity contribution in [3.05, 3.63) is 40.9 Å².